The number of aliphatic hydroxyl groups is 1. The number of carbonyl (C=O) groups excluding carboxylic acids is 1. The summed E-state index contributed by atoms with van der Waals surface area (Å²) in [6.45, 7) is 3.41. The summed E-state index contributed by atoms with van der Waals surface area (Å²) >= 11 is 0. The highest BCUT2D eigenvalue weighted by atomic mass is 16.6. The summed E-state index contributed by atoms with van der Waals surface area (Å²) in [5.74, 6) is 0.0680. The first kappa shape index (κ1) is 12.5. The Kier molecular flexibility index (Phi) is 4.31. The van der Waals surface area contributed by atoms with Gasteiger partial charge in [0.1, 0.15) is 5.75 Å². The van der Waals surface area contributed by atoms with Gasteiger partial charge in [-0.25, -0.2) is 4.79 Å². The molecule has 0 saturated heterocycles. The number of rotatable bonds is 4. The number of hydrogen-bond acceptors (Lipinski definition) is 4. The zero-order valence-corrected chi connectivity index (χ0v) is 9.69. The predicted molar refractivity (Wildman–Crippen MR) is 59.3 cm³/mol. The Morgan fingerprint density at radius 3 is 2.75 bits per heavy atom. The molecule has 0 bridgehead atoms. The maximum absolute atomic E-state index is 10.9. The first-order valence-corrected chi connectivity index (χ1v) is 5.03. The average Bonchev–Trinajstić information content (AvgIpc) is 2.25. The Morgan fingerprint density at radius 2 is 2.19 bits per heavy atom. The van der Waals surface area contributed by atoms with E-state index in [1.807, 2.05) is 13.0 Å². The fourth-order valence-electron chi connectivity index (χ4n) is 1.31. The van der Waals surface area contributed by atoms with Gasteiger partial charge in [-0.1, -0.05) is 12.1 Å². The Morgan fingerprint density at radius 1 is 1.50 bits per heavy atom. The first-order chi connectivity index (χ1) is 7.54. The Labute approximate surface area is 94.8 Å². The van der Waals surface area contributed by atoms with Crippen molar-refractivity contribution in [1.29, 1.82) is 0 Å². The molecule has 0 aliphatic carbocycles. The van der Waals surface area contributed by atoms with Gasteiger partial charge in [-0.15, -0.1) is 0 Å². The summed E-state index contributed by atoms with van der Waals surface area (Å²) in [4.78, 5) is 10.9. The lowest BCUT2D eigenvalue weighted by Crippen LogP contribution is -2.13. The van der Waals surface area contributed by atoms with Crippen LogP contribution >= 0.6 is 0 Å². The second-order valence-electron chi connectivity index (χ2n) is 3.58. The van der Waals surface area contributed by atoms with Crippen molar-refractivity contribution in [2.75, 3.05) is 13.7 Å². The third kappa shape index (κ3) is 3.24. The number of hydrogen-bond donors (Lipinski definition) is 1. The van der Waals surface area contributed by atoms with E-state index in [2.05, 4.69) is 4.74 Å². The van der Waals surface area contributed by atoms with E-state index in [0.717, 1.165) is 5.56 Å². The van der Waals surface area contributed by atoms with Gasteiger partial charge in [-0.3, -0.25) is 0 Å². The maximum atomic E-state index is 10.9. The SMILES string of the molecule is COC(=O)COc1cc(C)ccc1[C@@H](C)O. The molecule has 0 fully saturated rings. The molecule has 1 aromatic rings. The molecule has 1 rings (SSSR count). The Hall–Kier alpha value is -1.55. The van der Waals surface area contributed by atoms with Gasteiger partial charge in [-0.2, -0.15) is 0 Å². The van der Waals surface area contributed by atoms with Crippen molar-refractivity contribution >= 4 is 5.97 Å². The van der Waals surface area contributed by atoms with Crippen LogP contribution in [0.4, 0.5) is 0 Å². The smallest absolute Gasteiger partial charge is 0.343 e. The van der Waals surface area contributed by atoms with E-state index in [1.165, 1.54) is 7.11 Å². The summed E-state index contributed by atoms with van der Waals surface area (Å²) < 4.78 is 9.77. The molecule has 0 aliphatic heterocycles. The van der Waals surface area contributed by atoms with E-state index >= 15 is 0 Å². The van der Waals surface area contributed by atoms with E-state index in [4.69, 9.17) is 4.74 Å². The number of aryl methyl sites for hydroxylation is 1. The Bertz CT molecular complexity index is 371. The van der Waals surface area contributed by atoms with Crippen LogP contribution in [0.1, 0.15) is 24.2 Å². The highest BCUT2D eigenvalue weighted by molar-refractivity contribution is 5.70. The summed E-state index contributed by atoms with van der Waals surface area (Å²) in [6, 6.07) is 5.45. The summed E-state index contributed by atoms with van der Waals surface area (Å²) in [7, 11) is 1.30. The first-order valence-electron chi connectivity index (χ1n) is 5.03. The van der Waals surface area contributed by atoms with Crippen LogP contribution in [0.2, 0.25) is 0 Å². The lowest BCUT2D eigenvalue weighted by atomic mass is 10.1. The third-order valence-corrected chi connectivity index (χ3v) is 2.19. The molecule has 0 radical (unpaired) electrons. The van der Waals surface area contributed by atoms with Gasteiger partial charge in [0.15, 0.2) is 6.61 Å². The van der Waals surface area contributed by atoms with Crippen molar-refractivity contribution in [3.05, 3.63) is 29.3 Å². The van der Waals surface area contributed by atoms with Crippen LogP contribution in [0.5, 0.6) is 5.75 Å². The zero-order chi connectivity index (χ0) is 12.1. The van der Waals surface area contributed by atoms with Gasteiger partial charge in [0, 0.05) is 5.56 Å². The largest absolute Gasteiger partial charge is 0.482 e. The van der Waals surface area contributed by atoms with Crippen LogP contribution in [0.25, 0.3) is 0 Å². The fourth-order valence-corrected chi connectivity index (χ4v) is 1.31. The minimum absolute atomic E-state index is 0.153. The molecule has 1 N–H and O–H groups in total. The number of carbonyl (C=O) groups is 1. The predicted octanol–water partition coefficient (Wildman–Crippen LogP) is 1.60. The van der Waals surface area contributed by atoms with Crippen molar-refractivity contribution in [3.63, 3.8) is 0 Å². The second kappa shape index (κ2) is 5.51. The molecule has 0 unspecified atom stereocenters. The van der Waals surface area contributed by atoms with Crippen molar-refractivity contribution < 1.29 is 19.4 Å². The molecule has 16 heavy (non-hydrogen) atoms. The minimum Gasteiger partial charge on any atom is -0.482 e. The van der Waals surface area contributed by atoms with E-state index < -0.39 is 12.1 Å². The van der Waals surface area contributed by atoms with Crippen LogP contribution in [0.3, 0.4) is 0 Å². The van der Waals surface area contributed by atoms with Crippen molar-refractivity contribution in [3.8, 4) is 5.75 Å². The molecule has 88 valence electrons. The van der Waals surface area contributed by atoms with Gasteiger partial charge in [0.2, 0.25) is 0 Å². The molecule has 0 saturated carbocycles. The molecular formula is C12H16O4. The number of benzene rings is 1. The molecule has 0 heterocycles. The van der Waals surface area contributed by atoms with E-state index in [9.17, 15) is 9.90 Å². The fraction of sp³-hybridized carbons (Fsp3) is 0.417. The zero-order valence-electron chi connectivity index (χ0n) is 9.69. The maximum Gasteiger partial charge on any atom is 0.343 e. The number of methoxy groups -OCH3 is 1. The van der Waals surface area contributed by atoms with Gasteiger partial charge in [-0.05, 0) is 25.5 Å². The molecular weight excluding hydrogens is 208 g/mol. The van der Waals surface area contributed by atoms with Crippen molar-refractivity contribution in [2.45, 2.75) is 20.0 Å². The molecule has 1 atom stereocenters. The molecule has 1 aromatic carbocycles. The molecule has 0 spiro atoms. The van der Waals surface area contributed by atoms with Crippen LogP contribution < -0.4 is 4.74 Å². The Balaban J connectivity index is 2.84. The quantitative estimate of drug-likeness (QED) is 0.789. The van der Waals surface area contributed by atoms with Crippen LogP contribution in [-0.4, -0.2) is 24.8 Å². The molecule has 0 aromatic heterocycles. The number of esters is 1. The third-order valence-electron chi connectivity index (χ3n) is 2.19. The minimum atomic E-state index is -0.631. The highest BCUT2D eigenvalue weighted by Gasteiger charge is 2.11. The van der Waals surface area contributed by atoms with Crippen LogP contribution in [-0.2, 0) is 9.53 Å². The molecule has 4 nitrogen and oxygen atoms in total. The topological polar surface area (TPSA) is 55.8 Å². The van der Waals surface area contributed by atoms with Gasteiger partial charge < -0.3 is 14.6 Å². The summed E-state index contributed by atoms with van der Waals surface area (Å²) in [5.41, 5.74) is 1.67. The van der Waals surface area contributed by atoms with Gasteiger partial charge in [0.25, 0.3) is 0 Å². The number of aliphatic hydroxyl groups excluding tert-OH is 1. The molecule has 4 heteroatoms. The second-order valence-corrected chi connectivity index (χ2v) is 3.58. The van der Waals surface area contributed by atoms with Gasteiger partial charge in [0.05, 0.1) is 13.2 Å². The molecule has 0 amide bonds. The average molecular weight is 224 g/mol. The van der Waals surface area contributed by atoms with E-state index in [1.54, 1.807) is 19.1 Å². The van der Waals surface area contributed by atoms with E-state index in [0.29, 0.717) is 11.3 Å². The van der Waals surface area contributed by atoms with Gasteiger partial charge >= 0.3 is 5.97 Å². The van der Waals surface area contributed by atoms with Crippen molar-refractivity contribution in [1.82, 2.24) is 0 Å². The van der Waals surface area contributed by atoms with Crippen molar-refractivity contribution in [2.24, 2.45) is 0 Å². The lowest BCUT2D eigenvalue weighted by Gasteiger charge is -2.13. The number of ether oxygens (including phenoxy) is 2. The monoisotopic (exact) mass is 224 g/mol. The normalized spacial score (nSPS) is 12.0. The summed E-state index contributed by atoms with van der Waals surface area (Å²) in [5, 5.41) is 9.52. The molecule has 0 aliphatic rings. The van der Waals surface area contributed by atoms with Crippen LogP contribution in [0.15, 0.2) is 18.2 Å². The summed E-state index contributed by atoms with van der Waals surface area (Å²) in [6.07, 6.45) is -0.631. The van der Waals surface area contributed by atoms with E-state index in [-0.39, 0.29) is 6.61 Å². The standard InChI is InChI=1S/C12H16O4/c1-8-4-5-10(9(2)13)11(6-8)16-7-12(14)15-3/h4-6,9,13H,7H2,1-3H3/t9-/m1/s1. The van der Waals surface area contributed by atoms with Crippen LogP contribution in [0, 0.1) is 6.92 Å². The highest BCUT2D eigenvalue weighted by Crippen LogP contribution is 2.26. The lowest BCUT2D eigenvalue weighted by molar-refractivity contribution is -0.142.